The first-order valence-electron chi connectivity index (χ1n) is 7.82. The van der Waals surface area contributed by atoms with Crippen molar-refractivity contribution >= 4 is 11.7 Å². The molecule has 0 saturated carbocycles. The number of anilines is 1. The molecule has 0 aliphatic carbocycles. The zero-order valence-corrected chi connectivity index (χ0v) is 13.5. The van der Waals surface area contributed by atoms with Crippen LogP contribution in [0.5, 0.6) is 0 Å². The molecule has 0 saturated heterocycles. The quantitative estimate of drug-likeness (QED) is 0.664. The number of nitrogens with two attached hydrogens (primary N) is 1. The van der Waals surface area contributed by atoms with E-state index in [0.29, 0.717) is 23.5 Å². The highest BCUT2D eigenvalue weighted by molar-refractivity contribution is 5.95. The van der Waals surface area contributed by atoms with E-state index in [-0.39, 0.29) is 18.3 Å². The highest BCUT2D eigenvalue weighted by Crippen LogP contribution is 2.20. The molecular formula is C19H18N4O2. The molecule has 0 unspecified atom stereocenters. The minimum atomic E-state index is -0.288. The normalized spacial score (nSPS) is 10.4. The van der Waals surface area contributed by atoms with Crippen LogP contribution in [0.3, 0.4) is 0 Å². The predicted molar refractivity (Wildman–Crippen MR) is 95.4 cm³/mol. The number of nitrogens with zero attached hydrogens (tertiary/aromatic N) is 2. The molecule has 6 heteroatoms. The number of nitrogen functional groups attached to an aromatic ring is 1. The Hall–Kier alpha value is -3.25. The van der Waals surface area contributed by atoms with Gasteiger partial charge in [0.25, 0.3) is 5.91 Å². The average Bonchev–Trinajstić information content (AvgIpc) is 2.67. The van der Waals surface area contributed by atoms with Crippen molar-refractivity contribution in [1.29, 1.82) is 0 Å². The molecule has 0 spiro atoms. The molecule has 0 atom stereocenters. The van der Waals surface area contributed by atoms with E-state index in [0.717, 1.165) is 11.1 Å². The third-order valence-corrected chi connectivity index (χ3v) is 3.74. The summed E-state index contributed by atoms with van der Waals surface area (Å²) in [5, 5.41) is 12.2. The molecule has 3 aromatic rings. The fraction of sp³-hybridized carbons (Fsp3) is 0.105. The third kappa shape index (κ3) is 3.99. The number of aliphatic hydroxyl groups is 1. The Morgan fingerprint density at radius 3 is 2.68 bits per heavy atom. The van der Waals surface area contributed by atoms with E-state index in [1.807, 2.05) is 36.4 Å². The zero-order chi connectivity index (χ0) is 17.6. The molecule has 0 fully saturated rings. The summed E-state index contributed by atoms with van der Waals surface area (Å²) in [5.41, 5.74) is 8.81. The molecule has 2 aromatic carbocycles. The molecule has 126 valence electrons. The first-order valence-corrected chi connectivity index (χ1v) is 7.82. The van der Waals surface area contributed by atoms with Crippen molar-refractivity contribution in [3.63, 3.8) is 0 Å². The Morgan fingerprint density at radius 2 is 1.92 bits per heavy atom. The van der Waals surface area contributed by atoms with Crippen molar-refractivity contribution in [3.05, 3.63) is 77.6 Å². The van der Waals surface area contributed by atoms with Gasteiger partial charge in [0, 0.05) is 17.7 Å². The molecule has 25 heavy (non-hydrogen) atoms. The lowest BCUT2D eigenvalue weighted by molar-refractivity contribution is 0.0951. The highest BCUT2D eigenvalue weighted by atomic mass is 16.3. The fourth-order valence-corrected chi connectivity index (χ4v) is 2.39. The van der Waals surface area contributed by atoms with E-state index in [9.17, 15) is 9.90 Å². The van der Waals surface area contributed by atoms with Crippen LogP contribution in [0.25, 0.3) is 11.3 Å². The van der Waals surface area contributed by atoms with E-state index < -0.39 is 0 Å². The highest BCUT2D eigenvalue weighted by Gasteiger charge is 2.10. The van der Waals surface area contributed by atoms with Crippen LogP contribution in [-0.2, 0) is 13.2 Å². The van der Waals surface area contributed by atoms with Gasteiger partial charge in [-0.1, -0.05) is 42.5 Å². The molecule has 0 aliphatic rings. The number of rotatable bonds is 5. The second kappa shape index (κ2) is 7.55. The molecule has 1 amide bonds. The number of carbonyl (C=O) groups excluding carboxylic acids is 1. The summed E-state index contributed by atoms with van der Waals surface area (Å²) < 4.78 is 0. The predicted octanol–water partition coefficient (Wildman–Crippen LogP) is 2.15. The molecule has 3 rings (SSSR count). The van der Waals surface area contributed by atoms with E-state index in [2.05, 4.69) is 15.3 Å². The van der Waals surface area contributed by atoms with Crippen molar-refractivity contribution < 1.29 is 9.90 Å². The zero-order valence-electron chi connectivity index (χ0n) is 13.5. The van der Waals surface area contributed by atoms with Gasteiger partial charge >= 0.3 is 0 Å². The SMILES string of the molecule is Nc1ncc(-c2cccc(C(=O)NCc3ccccc3)c2)nc1CO. The summed E-state index contributed by atoms with van der Waals surface area (Å²) in [4.78, 5) is 20.7. The van der Waals surface area contributed by atoms with Gasteiger partial charge in [-0.25, -0.2) is 9.97 Å². The Labute approximate surface area is 145 Å². The van der Waals surface area contributed by atoms with Gasteiger partial charge in [0.1, 0.15) is 11.5 Å². The van der Waals surface area contributed by atoms with Gasteiger partial charge in [0.05, 0.1) is 18.5 Å². The van der Waals surface area contributed by atoms with Gasteiger partial charge in [-0.15, -0.1) is 0 Å². The van der Waals surface area contributed by atoms with Crippen LogP contribution in [0, 0.1) is 0 Å². The number of carbonyl (C=O) groups is 1. The molecule has 0 bridgehead atoms. The summed E-state index contributed by atoms with van der Waals surface area (Å²) >= 11 is 0. The Morgan fingerprint density at radius 1 is 1.12 bits per heavy atom. The van der Waals surface area contributed by atoms with Crippen molar-refractivity contribution in [2.45, 2.75) is 13.2 Å². The smallest absolute Gasteiger partial charge is 0.251 e. The lowest BCUT2D eigenvalue weighted by Crippen LogP contribution is -2.22. The topological polar surface area (TPSA) is 101 Å². The van der Waals surface area contributed by atoms with Crippen molar-refractivity contribution in [1.82, 2.24) is 15.3 Å². The lowest BCUT2D eigenvalue weighted by Gasteiger charge is -2.08. The van der Waals surface area contributed by atoms with Gasteiger partial charge in [0.2, 0.25) is 0 Å². The third-order valence-electron chi connectivity index (χ3n) is 3.74. The van der Waals surface area contributed by atoms with Crippen LogP contribution in [0.1, 0.15) is 21.6 Å². The molecular weight excluding hydrogens is 316 g/mol. The van der Waals surface area contributed by atoms with Gasteiger partial charge in [0.15, 0.2) is 0 Å². The standard InChI is InChI=1S/C19H18N4O2/c20-18-17(12-24)23-16(11-21-18)14-7-4-8-15(9-14)19(25)22-10-13-5-2-1-3-6-13/h1-9,11,24H,10,12H2,(H2,20,21)(H,22,25). The number of benzene rings is 2. The van der Waals surface area contributed by atoms with Crippen LogP contribution in [-0.4, -0.2) is 21.0 Å². The van der Waals surface area contributed by atoms with Crippen molar-refractivity contribution in [3.8, 4) is 11.3 Å². The minimum absolute atomic E-state index is 0.170. The molecule has 6 nitrogen and oxygen atoms in total. The number of amides is 1. The van der Waals surface area contributed by atoms with Gasteiger partial charge in [-0.05, 0) is 17.7 Å². The first kappa shape index (κ1) is 16.6. The van der Waals surface area contributed by atoms with E-state index >= 15 is 0 Å². The van der Waals surface area contributed by atoms with Gasteiger partial charge in [-0.3, -0.25) is 4.79 Å². The molecule has 4 N–H and O–H groups in total. The van der Waals surface area contributed by atoms with E-state index in [1.54, 1.807) is 18.2 Å². The summed E-state index contributed by atoms with van der Waals surface area (Å²) in [6, 6.07) is 16.8. The minimum Gasteiger partial charge on any atom is -0.390 e. The molecule has 0 radical (unpaired) electrons. The van der Waals surface area contributed by atoms with Crippen LogP contribution < -0.4 is 11.1 Å². The summed E-state index contributed by atoms with van der Waals surface area (Å²) in [6.45, 7) is 0.171. The van der Waals surface area contributed by atoms with E-state index in [1.165, 1.54) is 6.20 Å². The average molecular weight is 334 g/mol. The second-order valence-electron chi connectivity index (χ2n) is 5.49. The Kier molecular flexibility index (Phi) is 5.01. The van der Waals surface area contributed by atoms with Crippen molar-refractivity contribution in [2.24, 2.45) is 0 Å². The number of nitrogens with one attached hydrogen (secondary N) is 1. The van der Waals surface area contributed by atoms with Gasteiger partial charge in [-0.2, -0.15) is 0 Å². The molecule has 0 aliphatic heterocycles. The largest absolute Gasteiger partial charge is 0.390 e. The molecule has 1 heterocycles. The maximum Gasteiger partial charge on any atom is 0.251 e. The van der Waals surface area contributed by atoms with Crippen LogP contribution >= 0.6 is 0 Å². The van der Waals surface area contributed by atoms with E-state index in [4.69, 9.17) is 5.73 Å². The summed E-state index contributed by atoms with van der Waals surface area (Å²) in [7, 11) is 0. The number of hydrogen-bond donors (Lipinski definition) is 3. The summed E-state index contributed by atoms with van der Waals surface area (Å²) in [5.74, 6) is 0.0273. The molecule has 1 aromatic heterocycles. The fourth-order valence-electron chi connectivity index (χ4n) is 2.39. The Balaban J connectivity index is 1.78. The summed E-state index contributed by atoms with van der Waals surface area (Å²) in [6.07, 6.45) is 1.52. The second-order valence-corrected chi connectivity index (χ2v) is 5.49. The van der Waals surface area contributed by atoms with Crippen LogP contribution in [0.4, 0.5) is 5.82 Å². The number of aliphatic hydroxyl groups excluding tert-OH is 1. The maximum absolute atomic E-state index is 12.4. The van der Waals surface area contributed by atoms with Crippen LogP contribution in [0.15, 0.2) is 60.8 Å². The van der Waals surface area contributed by atoms with Gasteiger partial charge < -0.3 is 16.2 Å². The number of hydrogen-bond acceptors (Lipinski definition) is 5. The monoisotopic (exact) mass is 334 g/mol. The van der Waals surface area contributed by atoms with Crippen molar-refractivity contribution in [2.75, 3.05) is 5.73 Å². The lowest BCUT2D eigenvalue weighted by atomic mass is 10.1. The number of aromatic nitrogens is 2. The van der Waals surface area contributed by atoms with Crippen LogP contribution in [0.2, 0.25) is 0 Å². The maximum atomic E-state index is 12.4. The first-order chi connectivity index (χ1) is 12.2. The Bertz CT molecular complexity index is 882.